The molecule has 7 heteroatoms. The smallest absolute Gasteiger partial charge is 0.281 e. The Kier molecular flexibility index (Phi) is 3.53. The van der Waals surface area contributed by atoms with Gasteiger partial charge in [-0.3, -0.25) is 0 Å². The second-order valence-electron chi connectivity index (χ2n) is 3.00. The van der Waals surface area contributed by atoms with Crippen LogP contribution in [0.4, 0.5) is 0 Å². The summed E-state index contributed by atoms with van der Waals surface area (Å²) in [6.07, 6.45) is -0.789. The predicted octanol–water partition coefficient (Wildman–Crippen LogP) is -0.922. The Labute approximate surface area is 83.1 Å². The van der Waals surface area contributed by atoms with Crippen molar-refractivity contribution in [2.75, 3.05) is 32.6 Å². The molecular weight excluding hydrogens is 216 g/mol. The van der Waals surface area contributed by atoms with Crippen LogP contribution >= 0.6 is 11.6 Å². The molecule has 0 aliphatic carbocycles. The van der Waals surface area contributed by atoms with Crippen LogP contribution in [-0.4, -0.2) is 60.8 Å². The average molecular weight is 229 g/mol. The van der Waals surface area contributed by atoms with Crippen molar-refractivity contribution in [3.63, 3.8) is 0 Å². The Morgan fingerprint density at radius 2 is 2.15 bits per heavy atom. The summed E-state index contributed by atoms with van der Waals surface area (Å²) in [5, 5.41) is 9.18. The lowest BCUT2D eigenvalue weighted by molar-refractivity contribution is 0.170. The molecule has 1 fully saturated rings. The molecule has 1 unspecified atom stereocenters. The van der Waals surface area contributed by atoms with E-state index in [1.54, 1.807) is 0 Å². The Balaban J connectivity index is 2.63. The topological polar surface area (TPSA) is 60.9 Å². The Morgan fingerprint density at radius 3 is 2.54 bits per heavy atom. The van der Waals surface area contributed by atoms with E-state index >= 15 is 0 Å². The van der Waals surface area contributed by atoms with Crippen molar-refractivity contribution in [2.24, 2.45) is 0 Å². The van der Waals surface area contributed by atoms with Gasteiger partial charge in [0.1, 0.15) is 0 Å². The Bertz CT molecular complexity index is 269. The van der Waals surface area contributed by atoms with Gasteiger partial charge in [-0.1, -0.05) is 0 Å². The summed E-state index contributed by atoms with van der Waals surface area (Å²) in [7, 11) is -1.81. The lowest BCUT2D eigenvalue weighted by Crippen LogP contribution is -2.37. The third kappa shape index (κ3) is 2.32. The van der Waals surface area contributed by atoms with Gasteiger partial charge in [-0.2, -0.15) is 17.0 Å². The molecule has 1 atom stereocenters. The normalized spacial score (nSPS) is 26.4. The number of likely N-dealkylation sites (N-methyl/N-ethyl adjacent to an activating group) is 1. The highest BCUT2D eigenvalue weighted by molar-refractivity contribution is 7.87. The lowest BCUT2D eigenvalue weighted by Gasteiger charge is -2.17. The maximum absolute atomic E-state index is 11.4. The Morgan fingerprint density at radius 1 is 1.54 bits per heavy atom. The van der Waals surface area contributed by atoms with E-state index in [4.69, 9.17) is 11.6 Å². The van der Waals surface area contributed by atoms with Gasteiger partial charge in [0.2, 0.25) is 0 Å². The molecule has 1 aliphatic heterocycles. The van der Waals surface area contributed by atoms with Crippen LogP contribution in [0.25, 0.3) is 0 Å². The largest absolute Gasteiger partial charge is 0.391 e. The van der Waals surface area contributed by atoms with Gasteiger partial charge in [-0.15, -0.1) is 11.6 Å². The van der Waals surface area contributed by atoms with Gasteiger partial charge in [-0.25, -0.2) is 0 Å². The predicted molar refractivity (Wildman–Crippen MR) is 49.8 cm³/mol. The van der Waals surface area contributed by atoms with Crippen LogP contribution in [0.2, 0.25) is 0 Å². The second kappa shape index (κ2) is 4.10. The highest BCUT2D eigenvalue weighted by atomic mass is 35.5. The average Bonchev–Trinajstić information content (AvgIpc) is 2.31. The second-order valence-corrected chi connectivity index (χ2v) is 5.34. The van der Waals surface area contributed by atoms with Crippen LogP contribution in [0.15, 0.2) is 0 Å². The summed E-state index contributed by atoms with van der Waals surface area (Å²) in [5.41, 5.74) is 0. The zero-order chi connectivity index (χ0) is 10.1. The number of β-amino-alcohol motifs (C(OH)–C–C–N with tert-alkyl or cyclic N) is 1. The molecule has 13 heavy (non-hydrogen) atoms. The molecule has 78 valence electrons. The molecule has 1 aliphatic rings. The summed E-state index contributed by atoms with van der Waals surface area (Å²) >= 11 is 5.37. The monoisotopic (exact) mass is 228 g/mol. The van der Waals surface area contributed by atoms with Crippen molar-refractivity contribution in [1.29, 1.82) is 0 Å². The third-order valence-electron chi connectivity index (χ3n) is 1.98. The number of rotatable bonds is 3. The Hall–Kier alpha value is 0.120. The molecule has 0 aromatic carbocycles. The minimum absolute atomic E-state index is 0.0513. The van der Waals surface area contributed by atoms with E-state index in [2.05, 4.69) is 0 Å². The maximum Gasteiger partial charge on any atom is 0.281 e. The SMILES string of the molecule is CN1CCN(CC(O)CCl)S1(=O)=O. The van der Waals surface area contributed by atoms with E-state index in [9.17, 15) is 13.5 Å². The summed E-state index contributed by atoms with van der Waals surface area (Å²) in [6.45, 7) is 0.973. The van der Waals surface area contributed by atoms with Gasteiger partial charge in [0.15, 0.2) is 0 Å². The molecule has 0 amide bonds. The number of nitrogens with zero attached hydrogens (tertiary/aromatic N) is 2. The summed E-state index contributed by atoms with van der Waals surface area (Å²) in [6, 6.07) is 0. The molecule has 1 rings (SSSR count). The molecule has 0 spiro atoms. The first-order chi connectivity index (χ1) is 5.98. The molecule has 1 N–H and O–H groups in total. The van der Waals surface area contributed by atoms with Crippen molar-refractivity contribution >= 4 is 21.8 Å². The summed E-state index contributed by atoms with van der Waals surface area (Å²) < 4.78 is 25.4. The molecule has 1 saturated heterocycles. The fourth-order valence-corrected chi connectivity index (χ4v) is 2.63. The van der Waals surface area contributed by atoms with Gasteiger partial charge < -0.3 is 5.11 Å². The van der Waals surface area contributed by atoms with E-state index in [0.29, 0.717) is 13.1 Å². The third-order valence-corrected chi connectivity index (χ3v) is 4.29. The maximum atomic E-state index is 11.4. The van der Waals surface area contributed by atoms with Gasteiger partial charge >= 0.3 is 0 Å². The number of alkyl halides is 1. The van der Waals surface area contributed by atoms with Crippen LogP contribution in [0.3, 0.4) is 0 Å². The minimum atomic E-state index is -3.32. The molecule has 0 radical (unpaired) electrons. The first kappa shape index (κ1) is 11.2. The van der Waals surface area contributed by atoms with Crippen LogP contribution in [-0.2, 0) is 10.2 Å². The van der Waals surface area contributed by atoms with Crippen molar-refractivity contribution in [1.82, 2.24) is 8.61 Å². The number of aliphatic hydroxyl groups excluding tert-OH is 1. The zero-order valence-electron chi connectivity index (χ0n) is 7.35. The van der Waals surface area contributed by atoms with Crippen molar-refractivity contribution in [3.05, 3.63) is 0 Å². The fourth-order valence-electron chi connectivity index (χ4n) is 1.15. The molecular formula is C6H13ClN2O3S. The number of aliphatic hydroxyl groups is 1. The van der Waals surface area contributed by atoms with Gasteiger partial charge in [-0.05, 0) is 0 Å². The summed E-state index contributed by atoms with van der Waals surface area (Å²) in [5.74, 6) is 0.0513. The molecule has 0 aromatic rings. The molecule has 0 aromatic heterocycles. The minimum Gasteiger partial charge on any atom is -0.391 e. The van der Waals surface area contributed by atoms with Crippen LogP contribution in [0.5, 0.6) is 0 Å². The molecule has 0 saturated carbocycles. The van der Waals surface area contributed by atoms with Gasteiger partial charge in [0.05, 0.1) is 6.10 Å². The van der Waals surface area contributed by atoms with E-state index in [-0.39, 0.29) is 12.4 Å². The van der Waals surface area contributed by atoms with Crippen molar-refractivity contribution < 1.29 is 13.5 Å². The molecule has 1 heterocycles. The van der Waals surface area contributed by atoms with E-state index in [1.807, 2.05) is 0 Å². The van der Waals surface area contributed by atoms with Gasteiger partial charge in [0.25, 0.3) is 10.2 Å². The van der Waals surface area contributed by atoms with Gasteiger partial charge in [0, 0.05) is 32.6 Å². The lowest BCUT2D eigenvalue weighted by atomic mass is 10.4. The van der Waals surface area contributed by atoms with Crippen molar-refractivity contribution in [3.8, 4) is 0 Å². The van der Waals surface area contributed by atoms with E-state index < -0.39 is 16.3 Å². The van der Waals surface area contributed by atoms with Crippen molar-refractivity contribution in [2.45, 2.75) is 6.10 Å². The van der Waals surface area contributed by atoms with Crippen LogP contribution in [0, 0.1) is 0 Å². The fraction of sp³-hybridized carbons (Fsp3) is 1.00. The zero-order valence-corrected chi connectivity index (χ0v) is 8.92. The van der Waals surface area contributed by atoms with E-state index in [1.165, 1.54) is 15.7 Å². The number of hydrogen-bond donors (Lipinski definition) is 1. The first-order valence-corrected chi connectivity index (χ1v) is 5.87. The summed E-state index contributed by atoms with van der Waals surface area (Å²) in [4.78, 5) is 0. The molecule has 0 bridgehead atoms. The standard InChI is InChI=1S/C6H13ClN2O3S/c1-8-2-3-9(13(8,11)12)5-6(10)4-7/h6,10H,2-5H2,1H3. The van der Waals surface area contributed by atoms with E-state index in [0.717, 1.165) is 0 Å². The first-order valence-electron chi connectivity index (χ1n) is 3.94. The van der Waals surface area contributed by atoms with Crippen LogP contribution in [0.1, 0.15) is 0 Å². The van der Waals surface area contributed by atoms with Crippen LogP contribution < -0.4 is 0 Å². The number of hydrogen-bond acceptors (Lipinski definition) is 3. The molecule has 5 nitrogen and oxygen atoms in total. The number of halogens is 1. The highest BCUT2D eigenvalue weighted by Gasteiger charge is 2.34. The quantitative estimate of drug-likeness (QED) is 0.636. The highest BCUT2D eigenvalue weighted by Crippen LogP contribution is 2.14.